The molecule has 3 heterocycles. The van der Waals surface area contributed by atoms with Gasteiger partial charge in [-0.3, -0.25) is 14.5 Å². The summed E-state index contributed by atoms with van der Waals surface area (Å²) in [6.07, 6.45) is 10.6. The van der Waals surface area contributed by atoms with E-state index >= 15 is 0 Å². The minimum Gasteiger partial charge on any atom is -0.372 e. The van der Waals surface area contributed by atoms with Gasteiger partial charge in [0.15, 0.2) is 5.82 Å². The van der Waals surface area contributed by atoms with Gasteiger partial charge in [0.1, 0.15) is 11.5 Å². The molecule has 2 bridgehead atoms. The lowest BCUT2D eigenvalue weighted by atomic mass is 9.39. The molecule has 3 aliphatic carbocycles. The molecule has 2 aromatic heterocycles. The van der Waals surface area contributed by atoms with Crippen molar-refractivity contribution in [2.24, 2.45) is 10.7 Å². The lowest BCUT2D eigenvalue weighted by Gasteiger charge is -2.68. The maximum atomic E-state index is 6.27. The molecule has 4 aliphatic rings. The van der Waals surface area contributed by atoms with E-state index in [1.165, 1.54) is 0 Å². The van der Waals surface area contributed by atoms with Gasteiger partial charge in [-0.2, -0.15) is 0 Å². The standard InChI is InChI=1S/C19H22N6O/c1-2-26-14-5-6-15(22-9-14)16-23-24-17(18-10-19(20,11-18)12-18)25(16)13-4-3-7-21-8-13/h3-8,14H,2,9-12,20H2,1H3. The average molecular weight is 350 g/mol. The van der Waals surface area contributed by atoms with E-state index in [2.05, 4.69) is 24.7 Å². The summed E-state index contributed by atoms with van der Waals surface area (Å²) in [5, 5.41) is 9.07. The van der Waals surface area contributed by atoms with Crippen molar-refractivity contribution < 1.29 is 4.74 Å². The van der Waals surface area contributed by atoms with Crippen molar-refractivity contribution >= 4 is 5.71 Å². The zero-order chi connectivity index (χ0) is 17.8. The predicted octanol–water partition coefficient (Wildman–Crippen LogP) is 1.56. The second kappa shape index (κ2) is 5.56. The highest BCUT2D eigenvalue weighted by molar-refractivity contribution is 6.07. The number of rotatable bonds is 5. The molecule has 7 heteroatoms. The second-order valence-electron chi connectivity index (χ2n) is 7.65. The van der Waals surface area contributed by atoms with Crippen LogP contribution < -0.4 is 5.73 Å². The quantitative estimate of drug-likeness (QED) is 0.883. The van der Waals surface area contributed by atoms with Gasteiger partial charge in [0, 0.05) is 23.8 Å². The Morgan fingerprint density at radius 1 is 1.31 bits per heavy atom. The van der Waals surface area contributed by atoms with Gasteiger partial charge in [-0.25, -0.2) is 0 Å². The lowest BCUT2D eigenvalue weighted by molar-refractivity contribution is -0.0664. The van der Waals surface area contributed by atoms with Crippen molar-refractivity contribution in [1.82, 2.24) is 19.7 Å². The maximum Gasteiger partial charge on any atom is 0.186 e. The molecule has 1 aliphatic heterocycles. The summed E-state index contributed by atoms with van der Waals surface area (Å²) >= 11 is 0. The van der Waals surface area contributed by atoms with E-state index in [1.807, 2.05) is 37.4 Å². The molecule has 0 spiro atoms. The van der Waals surface area contributed by atoms with Crippen LogP contribution in [-0.2, 0) is 10.2 Å². The van der Waals surface area contributed by atoms with Crippen LogP contribution in [0.15, 0.2) is 41.7 Å². The van der Waals surface area contributed by atoms with Crippen LogP contribution in [0.4, 0.5) is 0 Å². The number of dihydropyridines is 1. The van der Waals surface area contributed by atoms with Gasteiger partial charge in [0.25, 0.3) is 0 Å². The minimum atomic E-state index is 0.0128. The molecular formula is C19H22N6O. The summed E-state index contributed by atoms with van der Waals surface area (Å²) in [5.74, 6) is 1.74. The molecule has 6 rings (SSSR count). The largest absolute Gasteiger partial charge is 0.372 e. The molecule has 1 unspecified atom stereocenters. The normalized spacial score (nSPS) is 31.9. The first kappa shape index (κ1) is 15.8. The molecule has 3 fully saturated rings. The SMILES string of the molecule is CCOC1C=CC(c2nnc(C34CC(N)(C3)C4)n2-c2cccnc2)=NC1. The third kappa shape index (κ3) is 2.27. The Labute approximate surface area is 152 Å². The number of pyridine rings is 1. The predicted molar refractivity (Wildman–Crippen MR) is 97.6 cm³/mol. The van der Waals surface area contributed by atoms with Gasteiger partial charge in [0.05, 0.1) is 24.5 Å². The van der Waals surface area contributed by atoms with E-state index in [1.54, 1.807) is 6.20 Å². The Bertz CT molecular complexity index is 880. The Balaban J connectivity index is 1.55. The Morgan fingerprint density at radius 3 is 2.77 bits per heavy atom. The highest BCUT2D eigenvalue weighted by Gasteiger charge is 2.68. The van der Waals surface area contributed by atoms with E-state index in [-0.39, 0.29) is 17.1 Å². The smallest absolute Gasteiger partial charge is 0.186 e. The summed E-state index contributed by atoms with van der Waals surface area (Å²) in [7, 11) is 0. The first-order valence-corrected chi connectivity index (χ1v) is 9.12. The molecule has 0 amide bonds. The fourth-order valence-electron chi connectivity index (χ4n) is 4.60. The number of aliphatic imine (C=N–C) groups is 1. The van der Waals surface area contributed by atoms with E-state index in [0.29, 0.717) is 13.2 Å². The molecule has 2 aromatic rings. The number of hydrogen-bond donors (Lipinski definition) is 1. The molecule has 0 radical (unpaired) electrons. The molecule has 0 aromatic carbocycles. The Kier molecular flexibility index (Phi) is 3.39. The van der Waals surface area contributed by atoms with E-state index in [9.17, 15) is 0 Å². The number of aromatic nitrogens is 4. The topological polar surface area (TPSA) is 91.2 Å². The fourth-order valence-corrected chi connectivity index (χ4v) is 4.60. The molecule has 26 heavy (non-hydrogen) atoms. The van der Waals surface area contributed by atoms with Crippen molar-refractivity contribution in [3.8, 4) is 5.69 Å². The van der Waals surface area contributed by atoms with Gasteiger partial charge in [0.2, 0.25) is 0 Å². The van der Waals surface area contributed by atoms with Crippen LogP contribution in [0.1, 0.15) is 37.8 Å². The monoisotopic (exact) mass is 350 g/mol. The maximum absolute atomic E-state index is 6.27. The zero-order valence-electron chi connectivity index (χ0n) is 14.8. The second-order valence-corrected chi connectivity index (χ2v) is 7.65. The van der Waals surface area contributed by atoms with Gasteiger partial charge in [-0.15, -0.1) is 10.2 Å². The number of allylic oxidation sites excluding steroid dienone is 1. The van der Waals surface area contributed by atoms with Gasteiger partial charge in [-0.1, -0.05) is 6.08 Å². The molecule has 1 atom stereocenters. The minimum absolute atomic E-state index is 0.0128. The Morgan fingerprint density at radius 2 is 2.15 bits per heavy atom. The molecule has 134 valence electrons. The number of nitrogens with two attached hydrogens (primary N) is 1. The van der Waals surface area contributed by atoms with Crippen molar-refractivity contribution in [2.45, 2.75) is 43.2 Å². The van der Waals surface area contributed by atoms with Crippen LogP contribution in [0.5, 0.6) is 0 Å². The van der Waals surface area contributed by atoms with E-state index < -0.39 is 0 Å². The van der Waals surface area contributed by atoms with Crippen LogP contribution in [0.3, 0.4) is 0 Å². The van der Waals surface area contributed by atoms with Crippen molar-refractivity contribution in [1.29, 1.82) is 0 Å². The molecule has 3 saturated carbocycles. The summed E-state index contributed by atoms with van der Waals surface area (Å²) in [4.78, 5) is 8.97. The highest BCUT2D eigenvalue weighted by atomic mass is 16.5. The van der Waals surface area contributed by atoms with Crippen molar-refractivity contribution in [3.63, 3.8) is 0 Å². The Hall–Kier alpha value is -2.38. The number of ether oxygens (including phenoxy) is 1. The fraction of sp³-hybridized carbons (Fsp3) is 0.474. The van der Waals surface area contributed by atoms with Crippen LogP contribution >= 0.6 is 0 Å². The van der Waals surface area contributed by atoms with Gasteiger partial charge < -0.3 is 10.5 Å². The lowest BCUT2D eigenvalue weighted by Crippen LogP contribution is -2.75. The average Bonchev–Trinajstić information content (AvgIpc) is 3.05. The van der Waals surface area contributed by atoms with E-state index in [0.717, 1.165) is 42.3 Å². The van der Waals surface area contributed by atoms with Crippen LogP contribution in [0, 0.1) is 0 Å². The molecule has 7 nitrogen and oxygen atoms in total. The van der Waals surface area contributed by atoms with Crippen LogP contribution in [0.25, 0.3) is 5.69 Å². The van der Waals surface area contributed by atoms with Crippen LogP contribution in [0.2, 0.25) is 0 Å². The summed E-state index contributed by atoms with van der Waals surface area (Å²) in [6.45, 7) is 3.28. The first-order chi connectivity index (χ1) is 12.6. The van der Waals surface area contributed by atoms with E-state index in [4.69, 9.17) is 10.5 Å². The van der Waals surface area contributed by atoms with Gasteiger partial charge in [-0.05, 0) is 44.4 Å². The zero-order valence-corrected chi connectivity index (χ0v) is 14.8. The summed E-state index contributed by atoms with van der Waals surface area (Å²) in [6, 6.07) is 3.96. The number of nitrogens with zero attached hydrogens (tertiary/aromatic N) is 5. The van der Waals surface area contributed by atoms with Crippen molar-refractivity contribution in [3.05, 3.63) is 48.3 Å². The third-order valence-electron chi connectivity index (χ3n) is 5.63. The van der Waals surface area contributed by atoms with Crippen LogP contribution in [-0.4, -0.2) is 50.3 Å². The summed E-state index contributed by atoms with van der Waals surface area (Å²) < 4.78 is 7.73. The molecule has 2 N–H and O–H groups in total. The third-order valence-corrected chi connectivity index (χ3v) is 5.63. The first-order valence-electron chi connectivity index (χ1n) is 9.12. The highest BCUT2D eigenvalue weighted by Crippen LogP contribution is 2.66. The number of hydrogen-bond acceptors (Lipinski definition) is 6. The van der Waals surface area contributed by atoms with Crippen molar-refractivity contribution in [2.75, 3.05) is 13.2 Å². The summed E-state index contributed by atoms with van der Waals surface area (Å²) in [5.41, 5.74) is 8.14. The van der Waals surface area contributed by atoms with Gasteiger partial charge >= 0.3 is 0 Å². The molecular weight excluding hydrogens is 328 g/mol. The molecule has 0 saturated heterocycles.